The summed E-state index contributed by atoms with van der Waals surface area (Å²) in [6, 6.07) is 0. The van der Waals surface area contributed by atoms with Crippen LogP contribution >= 0.6 is 0 Å². The van der Waals surface area contributed by atoms with Crippen LogP contribution in [-0.2, 0) is 15.6 Å². The van der Waals surface area contributed by atoms with Gasteiger partial charge in [-0.15, -0.1) is 5.92 Å². The summed E-state index contributed by atoms with van der Waals surface area (Å²) in [4.78, 5) is 11.9. The Morgan fingerprint density at radius 2 is 1.94 bits per heavy atom. The van der Waals surface area contributed by atoms with E-state index in [9.17, 15) is 9.00 Å². The van der Waals surface area contributed by atoms with Crippen LogP contribution in [-0.4, -0.2) is 20.5 Å². The predicted octanol–water partition coefficient (Wildman–Crippen LogP) is 2.05. The molecule has 3 heteroatoms. The summed E-state index contributed by atoms with van der Waals surface area (Å²) in [6.07, 6.45) is 5.35. The second kappa shape index (κ2) is 5.14. The van der Waals surface area contributed by atoms with Gasteiger partial charge in [-0.3, -0.25) is 9.00 Å². The van der Waals surface area contributed by atoms with Gasteiger partial charge in [-0.25, -0.2) is 0 Å². The first-order valence-corrected chi connectivity index (χ1v) is 7.31. The Morgan fingerprint density at radius 1 is 1.31 bits per heavy atom. The number of fused-ring (bicyclic) bond motifs is 2. The van der Waals surface area contributed by atoms with Gasteiger partial charge in [0.15, 0.2) is 0 Å². The number of hydrogen-bond donors (Lipinski definition) is 0. The minimum absolute atomic E-state index is 0.133. The molecule has 0 aliphatic carbocycles. The third kappa shape index (κ3) is 2.38. The Hall–Kier alpha value is -0.620. The van der Waals surface area contributed by atoms with Crippen molar-refractivity contribution in [2.24, 2.45) is 5.92 Å². The molecule has 0 N–H and O–H groups in total. The van der Waals surface area contributed by atoms with Crippen LogP contribution in [0.1, 0.15) is 45.4 Å². The molecule has 2 aliphatic rings. The van der Waals surface area contributed by atoms with Gasteiger partial charge in [-0.05, 0) is 32.6 Å². The predicted molar refractivity (Wildman–Crippen MR) is 65.4 cm³/mol. The fourth-order valence-corrected chi connectivity index (χ4v) is 5.00. The number of Topliss-reactive ketones (excluding diaryl/α,β-unsaturated/α-hetero) is 1. The summed E-state index contributed by atoms with van der Waals surface area (Å²) < 4.78 is 12.0. The van der Waals surface area contributed by atoms with E-state index in [2.05, 4.69) is 11.8 Å². The Balaban J connectivity index is 2.00. The normalized spacial score (nSPS) is 37.3. The summed E-state index contributed by atoms with van der Waals surface area (Å²) in [5.74, 6) is 6.01. The summed E-state index contributed by atoms with van der Waals surface area (Å²) in [5, 5.41) is 0.576. The molecule has 2 unspecified atom stereocenters. The first-order valence-electron chi connectivity index (χ1n) is 6.04. The highest BCUT2D eigenvalue weighted by Crippen LogP contribution is 2.37. The summed E-state index contributed by atoms with van der Waals surface area (Å²) in [5.41, 5.74) is 0. The van der Waals surface area contributed by atoms with Crippen molar-refractivity contribution in [2.45, 2.75) is 55.9 Å². The zero-order valence-electron chi connectivity index (χ0n) is 9.70. The van der Waals surface area contributed by atoms with Crippen molar-refractivity contribution in [1.82, 2.24) is 0 Å². The molecule has 2 heterocycles. The Bertz CT molecular complexity index is 348. The first kappa shape index (κ1) is 11.9. The molecule has 0 aromatic carbocycles. The van der Waals surface area contributed by atoms with Crippen LogP contribution in [0.5, 0.6) is 0 Å². The molecular weight excluding hydrogens is 220 g/mol. The molecule has 0 spiro atoms. The van der Waals surface area contributed by atoms with E-state index in [1.54, 1.807) is 6.92 Å². The number of hydrogen-bond acceptors (Lipinski definition) is 2. The van der Waals surface area contributed by atoms with Gasteiger partial charge in [0.2, 0.25) is 0 Å². The van der Waals surface area contributed by atoms with Crippen molar-refractivity contribution in [3.63, 3.8) is 0 Å². The standard InChI is InChI=1S/C13H18O2S/c1-2-3-7-13(14)10-8-11-5-4-6-12(9-10)16(11)15/h10-12H,4-9H2,1H3. The summed E-state index contributed by atoms with van der Waals surface area (Å²) in [6.45, 7) is 1.76. The van der Waals surface area contributed by atoms with E-state index in [0.717, 1.165) is 25.7 Å². The van der Waals surface area contributed by atoms with E-state index < -0.39 is 10.8 Å². The van der Waals surface area contributed by atoms with Gasteiger partial charge in [0, 0.05) is 27.2 Å². The van der Waals surface area contributed by atoms with E-state index >= 15 is 0 Å². The Morgan fingerprint density at radius 3 is 2.50 bits per heavy atom. The van der Waals surface area contributed by atoms with Crippen LogP contribution in [0.15, 0.2) is 0 Å². The minimum atomic E-state index is -0.667. The maximum atomic E-state index is 12.0. The van der Waals surface area contributed by atoms with Crippen LogP contribution < -0.4 is 0 Å². The Labute approximate surface area is 99.6 Å². The van der Waals surface area contributed by atoms with Crippen molar-refractivity contribution in [2.75, 3.05) is 0 Å². The molecule has 2 aliphatic heterocycles. The van der Waals surface area contributed by atoms with Gasteiger partial charge in [-0.1, -0.05) is 12.3 Å². The topological polar surface area (TPSA) is 34.1 Å². The van der Waals surface area contributed by atoms with Gasteiger partial charge in [-0.2, -0.15) is 0 Å². The van der Waals surface area contributed by atoms with Gasteiger partial charge >= 0.3 is 0 Å². The molecular formula is C13H18O2S. The van der Waals surface area contributed by atoms with Gasteiger partial charge < -0.3 is 0 Å². The molecule has 2 fully saturated rings. The molecule has 2 rings (SSSR count). The summed E-state index contributed by atoms with van der Waals surface area (Å²) in [7, 11) is -0.667. The monoisotopic (exact) mass is 238 g/mol. The second-order valence-electron chi connectivity index (χ2n) is 4.74. The number of rotatable bonds is 2. The van der Waals surface area contributed by atoms with Gasteiger partial charge in [0.1, 0.15) is 5.78 Å². The maximum Gasteiger partial charge on any atom is 0.147 e. The van der Waals surface area contributed by atoms with Crippen molar-refractivity contribution < 1.29 is 9.00 Å². The highest BCUT2D eigenvalue weighted by Gasteiger charge is 2.39. The molecule has 16 heavy (non-hydrogen) atoms. The van der Waals surface area contributed by atoms with Gasteiger partial charge in [0.05, 0.1) is 6.42 Å². The molecule has 88 valence electrons. The van der Waals surface area contributed by atoms with E-state index in [1.807, 2.05) is 0 Å². The minimum Gasteiger partial charge on any atom is -0.298 e. The van der Waals surface area contributed by atoms with Crippen LogP contribution in [0.4, 0.5) is 0 Å². The van der Waals surface area contributed by atoms with Crippen LogP contribution in [0, 0.1) is 17.8 Å². The average molecular weight is 238 g/mol. The number of carbonyl (C=O) groups is 1. The number of ketones is 1. The third-order valence-electron chi connectivity index (χ3n) is 3.70. The van der Waals surface area contributed by atoms with Crippen LogP contribution in [0.2, 0.25) is 0 Å². The van der Waals surface area contributed by atoms with Crippen LogP contribution in [0.3, 0.4) is 0 Å². The molecule has 0 saturated carbocycles. The van der Waals surface area contributed by atoms with E-state index in [-0.39, 0.29) is 22.2 Å². The van der Waals surface area contributed by atoms with Crippen molar-refractivity contribution >= 4 is 16.6 Å². The molecule has 0 amide bonds. The molecule has 0 radical (unpaired) electrons. The SMILES string of the molecule is CC#CCC(=O)C1CC2CCCC(C1)S2=O. The van der Waals surface area contributed by atoms with E-state index in [1.165, 1.54) is 6.42 Å². The fraction of sp³-hybridized carbons (Fsp3) is 0.769. The van der Waals surface area contributed by atoms with E-state index in [4.69, 9.17) is 0 Å². The van der Waals surface area contributed by atoms with Gasteiger partial charge in [0.25, 0.3) is 0 Å². The van der Waals surface area contributed by atoms with E-state index in [0.29, 0.717) is 6.42 Å². The maximum absolute atomic E-state index is 12.0. The zero-order chi connectivity index (χ0) is 11.5. The fourth-order valence-electron chi connectivity index (χ4n) is 2.82. The zero-order valence-corrected chi connectivity index (χ0v) is 10.5. The molecule has 2 atom stereocenters. The highest BCUT2D eigenvalue weighted by molar-refractivity contribution is 7.86. The third-order valence-corrected chi connectivity index (χ3v) is 5.87. The van der Waals surface area contributed by atoms with Crippen molar-refractivity contribution in [3.05, 3.63) is 0 Å². The average Bonchev–Trinajstić information content (AvgIpc) is 2.25. The van der Waals surface area contributed by atoms with Crippen molar-refractivity contribution in [3.8, 4) is 11.8 Å². The lowest BCUT2D eigenvalue weighted by Crippen LogP contribution is -2.41. The quantitative estimate of drug-likeness (QED) is 0.690. The second-order valence-corrected chi connectivity index (χ2v) is 6.73. The molecule has 0 aromatic rings. The largest absolute Gasteiger partial charge is 0.298 e. The summed E-state index contributed by atoms with van der Waals surface area (Å²) >= 11 is 0. The molecule has 0 aromatic heterocycles. The lowest BCUT2D eigenvalue weighted by molar-refractivity contribution is -0.122. The van der Waals surface area contributed by atoms with Crippen LogP contribution in [0.25, 0.3) is 0 Å². The van der Waals surface area contributed by atoms with Crippen molar-refractivity contribution in [1.29, 1.82) is 0 Å². The lowest BCUT2D eigenvalue weighted by Gasteiger charge is -2.37. The Kier molecular flexibility index (Phi) is 3.81. The first-order chi connectivity index (χ1) is 7.72. The molecule has 2 nitrogen and oxygen atoms in total. The highest BCUT2D eigenvalue weighted by atomic mass is 32.2. The number of carbonyl (C=O) groups excluding carboxylic acids is 1. The molecule has 2 saturated heterocycles. The smallest absolute Gasteiger partial charge is 0.147 e. The lowest BCUT2D eigenvalue weighted by atomic mass is 9.86. The molecule has 2 bridgehead atoms.